The molecule has 24 heavy (non-hydrogen) atoms. The molecule has 3 nitrogen and oxygen atoms in total. The number of aryl methyl sites for hydroxylation is 2. The molecule has 0 aromatic heterocycles. The van der Waals surface area contributed by atoms with Crippen molar-refractivity contribution in [1.82, 2.24) is 10.2 Å². The third-order valence-electron chi connectivity index (χ3n) is 4.82. The normalized spacial score (nSPS) is 18.0. The first-order valence-electron chi connectivity index (χ1n) is 8.77. The Morgan fingerprint density at radius 2 is 2.00 bits per heavy atom. The van der Waals surface area contributed by atoms with Crippen LogP contribution in [0.5, 0.6) is 0 Å². The second kappa shape index (κ2) is 7.18. The molecule has 3 rings (SSSR count). The molecule has 126 valence electrons. The minimum Gasteiger partial charge on any atom is -0.340 e. The Balaban J connectivity index is 1.82. The molecule has 1 heterocycles. The number of rotatable bonds is 4. The van der Waals surface area contributed by atoms with Gasteiger partial charge < -0.3 is 10.2 Å². The molecule has 1 aliphatic rings. The highest BCUT2D eigenvalue weighted by molar-refractivity contribution is 5.83. The van der Waals surface area contributed by atoms with Crippen LogP contribution in [0.25, 0.3) is 11.1 Å². The molecule has 1 saturated heterocycles. The molecule has 1 amide bonds. The Morgan fingerprint density at radius 3 is 2.75 bits per heavy atom. The molecular formula is C21H26N2O. The number of amides is 1. The van der Waals surface area contributed by atoms with Gasteiger partial charge in [0.2, 0.25) is 5.91 Å². The molecule has 1 fully saturated rings. The average molecular weight is 322 g/mol. The lowest BCUT2D eigenvalue weighted by Crippen LogP contribution is -2.55. The highest BCUT2D eigenvalue weighted by Gasteiger charge is 2.27. The molecule has 0 saturated carbocycles. The van der Waals surface area contributed by atoms with Crippen molar-refractivity contribution in [2.45, 2.75) is 33.2 Å². The minimum atomic E-state index is -0.104. The van der Waals surface area contributed by atoms with E-state index >= 15 is 0 Å². The molecule has 1 atom stereocenters. The number of hydrogen-bond donors (Lipinski definition) is 1. The maximum Gasteiger partial charge on any atom is 0.240 e. The number of piperazine rings is 1. The van der Waals surface area contributed by atoms with Crippen LogP contribution in [0.15, 0.2) is 42.5 Å². The summed E-state index contributed by atoms with van der Waals surface area (Å²) in [5.74, 6) is 0.223. The van der Waals surface area contributed by atoms with Crippen molar-refractivity contribution in [2.24, 2.45) is 0 Å². The van der Waals surface area contributed by atoms with Gasteiger partial charge in [0.25, 0.3) is 0 Å². The van der Waals surface area contributed by atoms with E-state index in [-0.39, 0.29) is 11.9 Å². The van der Waals surface area contributed by atoms with Gasteiger partial charge in [0.15, 0.2) is 0 Å². The topological polar surface area (TPSA) is 32.3 Å². The summed E-state index contributed by atoms with van der Waals surface area (Å²) in [6.07, 6.45) is 0.744. The fourth-order valence-electron chi connectivity index (χ4n) is 3.50. The molecule has 0 aliphatic carbocycles. The van der Waals surface area contributed by atoms with E-state index in [2.05, 4.69) is 61.6 Å². The van der Waals surface area contributed by atoms with E-state index in [0.717, 1.165) is 26.1 Å². The number of benzene rings is 2. The minimum absolute atomic E-state index is 0.104. The first-order chi connectivity index (χ1) is 11.6. The summed E-state index contributed by atoms with van der Waals surface area (Å²) < 4.78 is 0. The van der Waals surface area contributed by atoms with Gasteiger partial charge in [-0.2, -0.15) is 0 Å². The third-order valence-corrected chi connectivity index (χ3v) is 4.82. The van der Waals surface area contributed by atoms with Crippen LogP contribution in [0.1, 0.15) is 23.6 Å². The summed E-state index contributed by atoms with van der Waals surface area (Å²) in [6.45, 7) is 8.80. The summed E-state index contributed by atoms with van der Waals surface area (Å²) in [4.78, 5) is 14.4. The second-order valence-electron chi connectivity index (χ2n) is 6.65. The largest absolute Gasteiger partial charge is 0.340 e. The van der Waals surface area contributed by atoms with Gasteiger partial charge in [0.1, 0.15) is 0 Å². The van der Waals surface area contributed by atoms with Gasteiger partial charge in [-0.15, -0.1) is 0 Å². The third kappa shape index (κ3) is 3.51. The van der Waals surface area contributed by atoms with E-state index in [1.807, 2.05) is 11.8 Å². The zero-order valence-corrected chi connectivity index (χ0v) is 14.8. The van der Waals surface area contributed by atoms with Crippen LogP contribution in [-0.2, 0) is 11.2 Å². The van der Waals surface area contributed by atoms with Crippen LogP contribution in [0.4, 0.5) is 0 Å². The summed E-state index contributed by atoms with van der Waals surface area (Å²) in [5, 5.41) is 3.37. The summed E-state index contributed by atoms with van der Waals surface area (Å²) in [7, 11) is 0. The molecule has 3 heteroatoms. The number of nitrogens with zero attached hydrogens (tertiary/aromatic N) is 1. The molecule has 0 radical (unpaired) electrons. The van der Waals surface area contributed by atoms with E-state index in [4.69, 9.17) is 0 Å². The molecule has 1 N–H and O–H groups in total. The smallest absolute Gasteiger partial charge is 0.240 e. The fourth-order valence-corrected chi connectivity index (χ4v) is 3.50. The average Bonchev–Trinajstić information content (AvgIpc) is 2.57. The Hall–Kier alpha value is -2.13. The zero-order valence-electron chi connectivity index (χ0n) is 14.8. The first kappa shape index (κ1) is 16.7. The predicted octanol–water partition coefficient (Wildman–Crippen LogP) is 3.33. The zero-order chi connectivity index (χ0) is 17.1. The van der Waals surface area contributed by atoms with Gasteiger partial charge in [0, 0.05) is 19.6 Å². The van der Waals surface area contributed by atoms with Crippen LogP contribution >= 0.6 is 0 Å². The van der Waals surface area contributed by atoms with Gasteiger partial charge >= 0.3 is 0 Å². The van der Waals surface area contributed by atoms with E-state index < -0.39 is 0 Å². The van der Waals surface area contributed by atoms with Crippen molar-refractivity contribution in [3.05, 3.63) is 59.2 Å². The quantitative estimate of drug-likeness (QED) is 0.936. The maximum atomic E-state index is 12.5. The molecule has 1 aliphatic heterocycles. The number of hydrogen-bond acceptors (Lipinski definition) is 2. The Labute approximate surface area is 144 Å². The molecule has 0 spiro atoms. The molecule has 2 aromatic carbocycles. The van der Waals surface area contributed by atoms with Crippen LogP contribution in [0, 0.1) is 13.8 Å². The SMILES string of the molecule is CCN1CCNC(Cc2cccc(-c3ccc(C)cc3C)c2)C1=O. The number of carbonyl (C=O) groups excluding carboxylic acids is 1. The van der Waals surface area contributed by atoms with E-state index in [9.17, 15) is 4.79 Å². The first-order valence-corrected chi connectivity index (χ1v) is 8.77. The van der Waals surface area contributed by atoms with Crippen LogP contribution in [-0.4, -0.2) is 36.5 Å². The number of likely N-dealkylation sites (N-methyl/N-ethyl adjacent to an activating group) is 1. The highest BCUT2D eigenvalue weighted by Crippen LogP contribution is 2.25. The van der Waals surface area contributed by atoms with E-state index in [1.54, 1.807) is 0 Å². The maximum absolute atomic E-state index is 12.5. The van der Waals surface area contributed by atoms with E-state index in [0.29, 0.717) is 0 Å². The Kier molecular flexibility index (Phi) is 5.00. The Morgan fingerprint density at radius 1 is 1.17 bits per heavy atom. The number of nitrogens with one attached hydrogen (secondary N) is 1. The monoisotopic (exact) mass is 322 g/mol. The number of carbonyl (C=O) groups is 1. The summed E-state index contributed by atoms with van der Waals surface area (Å²) in [5.41, 5.74) is 6.26. The highest BCUT2D eigenvalue weighted by atomic mass is 16.2. The summed E-state index contributed by atoms with van der Waals surface area (Å²) >= 11 is 0. The van der Waals surface area contributed by atoms with Crippen molar-refractivity contribution in [3.8, 4) is 11.1 Å². The van der Waals surface area contributed by atoms with E-state index in [1.165, 1.54) is 27.8 Å². The lowest BCUT2D eigenvalue weighted by Gasteiger charge is -2.32. The Bertz CT molecular complexity index is 738. The van der Waals surface area contributed by atoms with Crippen molar-refractivity contribution < 1.29 is 4.79 Å². The van der Waals surface area contributed by atoms with Gasteiger partial charge in [-0.25, -0.2) is 0 Å². The van der Waals surface area contributed by atoms with Crippen LogP contribution in [0.2, 0.25) is 0 Å². The summed E-state index contributed by atoms with van der Waals surface area (Å²) in [6, 6.07) is 15.0. The van der Waals surface area contributed by atoms with Crippen molar-refractivity contribution in [3.63, 3.8) is 0 Å². The van der Waals surface area contributed by atoms with Crippen molar-refractivity contribution in [1.29, 1.82) is 0 Å². The molecule has 2 aromatic rings. The van der Waals surface area contributed by atoms with Crippen LogP contribution < -0.4 is 5.32 Å². The molecular weight excluding hydrogens is 296 g/mol. The van der Waals surface area contributed by atoms with Gasteiger partial charge in [-0.3, -0.25) is 4.79 Å². The standard InChI is InChI=1S/C21H26N2O/c1-4-23-11-10-22-20(21(23)24)14-17-6-5-7-18(13-17)19-9-8-15(2)12-16(19)3/h5-9,12-13,20,22H,4,10-11,14H2,1-3H3. The molecule has 0 bridgehead atoms. The second-order valence-corrected chi connectivity index (χ2v) is 6.65. The van der Waals surface area contributed by atoms with Crippen molar-refractivity contribution in [2.75, 3.05) is 19.6 Å². The lowest BCUT2D eigenvalue weighted by atomic mass is 9.95. The lowest BCUT2D eigenvalue weighted by molar-refractivity contribution is -0.135. The van der Waals surface area contributed by atoms with Gasteiger partial charge in [0.05, 0.1) is 6.04 Å². The van der Waals surface area contributed by atoms with Gasteiger partial charge in [-0.05, 0) is 49.4 Å². The van der Waals surface area contributed by atoms with Gasteiger partial charge in [-0.1, -0.05) is 48.0 Å². The fraction of sp³-hybridized carbons (Fsp3) is 0.381. The molecule has 1 unspecified atom stereocenters. The predicted molar refractivity (Wildman–Crippen MR) is 99.1 cm³/mol. The van der Waals surface area contributed by atoms with Crippen molar-refractivity contribution >= 4 is 5.91 Å². The van der Waals surface area contributed by atoms with Crippen LogP contribution in [0.3, 0.4) is 0 Å².